The SMILES string of the molecule is [C-]#[N+]c1cc(C2c3ccccc3-c3cc(-c4ccc(C)cc4C)ccc32)c(-n2c3ccccc3c3cc(-c4ccc(C)cc4C)ccc32)cc1-c1ccncc1. The first-order chi connectivity index (χ1) is 27.4. The highest BCUT2D eigenvalue weighted by molar-refractivity contribution is 6.11. The van der Waals surface area contributed by atoms with Crippen molar-refractivity contribution in [3.05, 3.63) is 208 Å². The number of hydrogen-bond acceptors (Lipinski definition) is 1. The molecule has 0 radical (unpaired) electrons. The van der Waals surface area contributed by atoms with Gasteiger partial charge in [0.15, 0.2) is 5.69 Å². The Morgan fingerprint density at radius 1 is 0.482 bits per heavy atom. The molecule has 0 spiro atoms. The third-order valence-corrected chi connectivity index (χ3v) is 11.8. The molecule has 1 aliphatic carbocycles. The number of aryl methyl sites for hydroxylation is 4. The van der Waals surface area contributed by atoms with Gasteiger partial charge in [-0.1, -0.05) is 108 Å². The molecule has 0 amide bonds. The molecule has 0 saturated carbocycles. The van der Waals surface area contributed by atoms with Crippen molar-refractivity contribution < 1.29 is 0 Å². The molecule has 2 aromatic heterocycles. The zero-order valence-electron chi connectivity index (χ0n) is 31.9. The first-order valence-corrected chi connectivity index (χ1v) is 19.3. The Hall–Kier alpha value is -7.02. The monoisotopic (exact) mass is 717 g/mol. The largest absolute Gasteiger partial charge is 0.309 e. The first-order valence-electron chi connectivity index (χ1n) is 19.3. The molecule has 0 bridgehead atoms. The highest BCUT2D eigenvalue weighted by Gasteiger charge is 2.33. The van der Waals surface area contributed by atoms with Gasteiger partial charge in [-0.3, -0.25) is 4.98 Å². The molecular weight excluding hydrogens is 679 g/mol. The summed E-state index contributed by atoms with van der Waals surface area (Å²) in [5.41, 5.74) is 22.0. The van der Waals surface area contributed by atoms with Crippen LogP contribution in [0.15, 0.2) is 158 Å². The van der Waals surface area contributed by atoms with Crippen LogP contribution in [0.2, 0.25) is 0 Å². The Kier molecular flexibility index (Phi) is 7.83. The minimum Gasteiger partial charge on any atom is -0.309 e. The maximum absolute atomic E-state index is 8.50. The van der Waals surface area contributed by atoms with E-state index in [1.807, 2.05) is 24.5 Å². The van der Waals surface area contributed by atoms with Crippen molar-refractivity contribution in [3.8, 4) is 50.2 Å². The van der Waals surface area contributed by atoms with Crippen molar-refractivity contribution in [1.82, 2.24) is 9.55 Å². The fourth-order valence-corrected chi connectivity index (χ4v) is 9.25. The van der Waals surface area contributed by atoms with E-state index < -0.39 is 0 Å². The van der Waals surface area contributed by atoms with Gasteiger partial charge in [-0.2, -0.15) is 0 Å². The normalized spacial score (nSPS) is 13.2. The number of para-hydroxylation sites is 1. The van der Waals surface area contributed by atoms with Gasteiger partial charge in [-0.05, 0) is 149 Å². The molecule has 0 saturated heterocycles. The molecule has 0 aliphatic heterocycles. The van der Waals surface area contributed by atoms with E-state index in [1.54, 1.807) is 0 Å². The van der Waals surface area contributed by atoms with Crippen LogP contribution < -0.4 is 0 Å². The molecule has 3 nitrogen and oxygen atoms in total. The summed E-state index contributed by atoms with van der Waals surface area (Å²) in [4.78, 5) is 8.50. The van der Waals surface area contributed by atoms with Gasteiger partial charge >= 0.3 is 0 Å². The Labute approximate surface area is 328 Å². The van der Waals surface area contributed by atoms with Gasteiger partial charge in [-0.15, -0.1) is 0 Å². The zero-order valence-corrected chi connectivity index (χ0v) is 31.9. The number of benzene rings is 7. The minimum atomic E-state index is -0.0814. The summed E-state index contributed by atoms with van der Waals surface area (Å²) in [5.74, 6) is -0.0814. The minimum absolute atomic E-state index is 0.0814. The molecular formula is C53H39N3. The summed E-state index contributed by atoms with van der Waals surface area (Å²) < 4.78 is 2.44. The van der Waals surface area contributed by atoms with Crippen molar-refractivity contribution in [1.29, 1.82) is 0 Å². The van der Waals surface area contributed by atoms with Crippen molar-refractivity contribution in [2.24, 2.45) is 0 Å². The summed E-state index contributed by atoms with van der Waals surface area (Å²) in [6.07, 6.45) is 3.62. The van der Waals surface area contributed by atoms with Crippen LogP contribution in [0.5, 0.6) is 0 Å². The van der Waals surface area contributed by atoms with Gasteiger partial charge in [0.25, 0.3) is 0 Å². The van der Waals surface area contributed by atoms with Gasteiger partial charge in [0.2, 0.25) is 0 Å². The lowest BCUT2D eigenvalue weighted by Crippen LogP contribution is -2.07. The van der Waals surface area contributed by atoms with Crippen molar-refractivity contribution in [3.63, 3.8) is 0 Å². The summed E-state index contributed by atoms with van der Waals surface area (Å²) in [5, 5.41) is 2.40. The summed E-state index contributed by atoms with van der Waals surface area (Å²) >= 11 is 0. The van der Waals surface area contributed by atoms with Gasteiger partial charge in [0.05, 0.1) is 17.6 Å². The van der Waals surface area contributed by atoms with Crippen molar-refractivity contribution in [2.75, 3.05) is 0 Å². The Balaban J connectivity index is 1.26. The molecule has 1 unspecified atom stereocenters. The maximum atomic E-state index is 8.50. The van der Waals surface area contributed by atoms with Crippen LogP contribution in [0.1, 0.15) is 44.9 Å². The third-order valence-electron chi connectivity index (χ3n) is 11.8. The first kappa shape index (κ1) is 33.5. The smallest absolute Gasteiger partial charge is 0.195 e. The van der Waals surface area contributed by atoms with E-state index in [2.05, 4.69) is 176 Å². The highest BCUT2D eigenvalue weighted by Crippen LogP contribution is 2.52. The lowest BCUT2D eigenvalue weighted by molar-refractivity contribution is 0.984. The third kappa shape index (κ3) is 5.29. The van der Waals surface area contributed by atoms with Crippen LogP contribution >= 0.6 is 0 Å². The number of nitrogens with zero attached hydrogens (tertiary/aromatic N) is 3. The van der Waals surface area contributed by atoms with E-state index in [0.717, 1.165) is 33.4 Å². The van der Waals surface area contributed by atoms with Crippen molar-refractivity contribution >= 4 is 27.5 Å². The molecule has 3 heteroatoms. The molecule has 56 heavy (non-hydrogen) atoms. The Bertz CT molecular complexity index is 3090. The van der Waals surface area contributed by atoms with Crippen LogP contribution in [0.4, 0.5) is 5.69 Å². The van der Waals surface area contributed by atoms with E-state index in [1.165, 1.54) is 77.5 Å². The Morgan fingerprint density at radius 2 is 1.12 bits per heavy atom. The van der Waals surface area contributed by atoms with Gasteiger partial charge in [-0.25, -0.2) is 4.85 Å². The van der Waals surface area contributed by atoms with Crippen LogP contribution in [0, 0.1) is 34.3 Å². The highest BCUT2D eigenvalue weighted by atomic mass is 15.0. The van der Waals surface area contributed by atoms with Crippen LogP contribution in [-0.4, -0.2) is 9.55 Å². The number of aromatic nitrogens is 2. The predicted molar refractivity (Wildman–Crippen MR) is 233 cm³/mol. The summed E-state index contributed by atoms with van der Waals surface area (Å²) in [6.45, 7) is 17.2. The number of hydrogen-bond donors (Lipinski definition) is 0. The summed E-state index contributed by atoms with van der Waals surface area (Å²) in [7, 11) is 0. The quantitative estimate of drug-likeness (QED) is 0.163. The van der Waals surface area contributed by atoms with Crippen LogP contribution in [0.25, 0.3) is 76.8 Å². The molecule has 9 aromatic rings. The number of fused-ring (bicyclic) bond motifs is 6. The fourth-order valence-electron chi connectivity index (χ4n) is 9.25. The fraction of sp³-hybridized carbons (Fsp3) is 0.0943. The molecule has 0 N–H and O–H groups in total. The molecule has 1 atom stereocenters. The Morgan fingerprint density at radius 3 is 1.86 bits per heavy atom. The predicted octanol–water partition coefficient (Wildman–Crippen LogP) is 14.1. The molecule has 7 aromatic carbocycles. The van der Waals surface area contributed by atoms with E-state index in [4.69, 9.17) is 6.57 Å². The van der Waals surface area contributed by atoms with Gasteiger partial charge in [0.1, 0.15) is 0 Å². The summed E-state index contributed by atoms with van der Waals surface area (Å²) in [6, 6.07) is 53.3. The average molecular weight is 718 g/mol. The molecule has 10 rings (SSSR count). The van der Waals surface area contributed by atoms with E-state index in [-0.39, 0.29) is 5.92 Å². The van der Waals surface area contributed by atoms with Crippen molar-refractivity contribution in [2.45, 2.75) is 33.6 Å². The van der Waals surface area contributed by atoms with Crippen LogP contribution in [0.3, 0.4) is 0 Å². The number of rotatable bonds is 5. The maximum Gasteiger partial charge on any atom is 0.195 e. The number of pyridine rings is 1. The second kappa shape index (κ2) is 13.1. The lowest BCUT2D eigenvalue weighted by atomic mass is 9.85. The molecule has 2 heterocycles. The molecule has 0 fully saturated rings. The molecule has 1 aliphatic rings. The second-order valence-electron chi connectivity index (χ2n) is 15.3. The van der Waals surface area contributed by atoms with E-state index >= 15 is 0 Å². The standard InChI is InChI=1S/C53H39N3/c1-32-14-18-39(34(3)26-32)37-16-20-44-46(28-37)41-10-6-7-12-43(41)53(44)48-30-49(54-5)45(36-22-24-55-25-23-36)31-52(48)56-50-13-9-8-11-42(50)47-29-38(17-21-51(47)56)40-19-15-33(2)27-35(40)4/h6-31,53H,1-4H3. The average Bonchev–Trinajstić information content (AvgIpc) is 3.73. The zero-order chi connectivity index (χ0) is 38.1. The molecule has 266 valence electrons. The topological polar surface area (TPSA) is 22.2 Å². The lowest BCUT2D eigenvalue weighted by Gasteiger charge is -2.23. The van der Waals surface area contributed by atoms with Gasteiger partial charge < -0.3 is 4.57 Å². The van der Waals surface area contributed by atoms with E-state index in [0.29, 0.717) is 5.69 Å². The van der Waals surface area contributed by atoms with E-state index in [9.17, 15) is 0 Å². The second-order valence-corrected chi connectivity index (χ2v) is 15.3. The van der Waals surface area contributed by atoms with Crippen LogP contribution in [-0.2, 0) is 0 Å². The van der Waals surface area contributed by atoms with Gasteiger partial charge in [0, 0.05) is 34.8 Å².